The van der Waals surface area contributed by atoms with Crippen LogP contribution in [0.2, 0.25) is 0 Å². The first-order chi connectivity index (χ1) is 10.8. The van der Waals surface area contributed by atoms with Crippen molar-refractivity contribution in [3.63, 3.8) is 0 Å². The number of hydrogen-bond donors (Lipinski definition) is 2. The molecule has 0 aromatic rings. The second-order valence-electron chi connectivity index (χ2n) is 7.27. The molecule has 2 aliphatic heterocycles. The molecule has 2 saturated heterocycles. The van der Waals surface area contributed by atoms with Gasteiger partial charge in [-0.2, -0.15) is 0 Å². The summed E-state index contributed by atoms with van der Waals surface area (Å²) in [4.78, 5) is 17.6. The summed E-state index contributed by atoms with van der Waals surface area (Å²) in [6.07, 6.45) is 8.05. The summed E-state index contributed by atoms with van der Waals surface area (Å²) >= 11 is 0. The predicted molar refractivity (Wildman–Crippen MR) is 103 cm³/mol. The number of likely N-dealkylation sites (tertiary alicyclic amines) is 1. The second kappa shape index (κ2) is 10.8. The molecule has 0 bridgehead atoms. The maximum atomic E-state index is 12.9. The van der Waals surface area contributed by atoms with Gasteiger partial charge in [-0.05, 0) is 19.3 Å². The van der Waals surface area contributed by atoms with Crippen LogP contribution in [-0.4, -0.2) is 67.1 Å². The number of rotatable bonds is 2. The van der Waals surface area contributed by atoms with E-state index in [4.69, 9.17) is 5.73 Å². The zero-order chi connectivity index (χ0) is 15.4. The van der Waals surface area contributed by atoms with Crippen LogP contribution < -0.4 is 11.1 Å². The number of carbonyl (C=O) groups excluding carboxylic acids is 1. The highest BCUT2D eigenvalue weighted by molar-refractivity contribution is 5.85. The molecule has 3 rings (SSSR count). The summed E-state index contributed by atoms with van der Waals surface area (Å²) in [5, 5.41) is 3.40. The van der Waals surface area contributed by atoms with Gasteiger partial charge in [0, 0.05) is 51.4 Å². The fourth-order valence-electron chi connectivity index (χ4n) is 4.34. The van der Waals surface area contributed by atoms with Gasteiger partial charge in [0.15, 0.2) is 0 Å². The summed E-state index contributed by atoms with van der Waals surface area (Å²) in [7, 11) is 0. The molecule has 3 unspecified atom stereocenters. The SMILES string of the molecule is Cl.Cl.NC1CCCCCCC1C(=O)N1CCC(N2CCNCC2)C1. The Morgan fingerprint density at radius 2 is 1.58 bits per heavy atom. The van der Waals surface area contributed by atoms with E-state index in [-0.39, 0.29) is 36.8 Å². The zero-order valence-electron chi connectivity index (χ0n) is 14.6. The van der Waals surface area contributed by atoms with E-state index in [1.54, 1.807) is 0 Å². The molecule has 1 aliphatic carbocycles. The number of nitrogens with one attached hydrogen (secondary N) is 1. The molecule has 3 fully saturated rings. The van der Waals surface area contributed by atoms with Crippen LogP contribution in [0, 0.1) is 5.92 Å². The van der Waals surface area contributed by atoms with Crippen LogP contribution in [0.1, 0.15) is 44.9 Å². The van der Waals surface area contributed by atoms with Crippen LogP contribution in [0.5, 0.6) is 0 Å². The molecule has 5 nitrogen and oxygen atoms in total. The fraction of sp³-hybridized carbons (Fsp3) is 0.941. The van der Waals surface area contributed by atoms with Crippen molar-refractivity contribution in [3.05, 3.63) is 0 Å². The monoisotopic (exact) mass is 380 g/mol. The Labute approximate surface area is 158 Å². The molecule has 2 heterocycles. The highest BCUT2D eigenvalue weighted by Crippen LogP contribution is 2.26. The van der Waals surface area contributed by atoms with Crippen molar-refractivity contribution in [2.24, 2.45) is 11.7 Å². The molecule has 0 aromatic heterocycles. The van der Waals surface area contributed by atoms with Crippen LogP contribution in [0.25, 0.3) is 0 Å². The third-order valence-electron chi connectivity index (χ3n) is 5.78. The minimum absolute atomic E-state index is 0. The largest absolute Gasteiger partial charge is 0.341 e. The first kappa shape index (κ1) is 22.0. The van der Waals surface area contributed by atoms with Crippen LogP contribution in [0.15, 0.2) is 0 Å². The molecule has 3 N–H and O–H groups in total. The molecule has 1 amide bonds. The van der Waals surface area contributed by atoms with Gasteiger partial charge in [-0.1, -0.05) is 25.7 Å². The highest BCUT2D eigenvalue weighted by atomic mass is 35.5. The van der Waals surface area contributed by atoms with E-state index < -0.39 is 0 Å². The van der Waals surface area contributed by atoms with Crippen molar-refractivity contribution < 1.29 is 4.79 Å². The van der Waals surface area contributed by atoms with Crippen LogP contribution in [-0.2, 0) is 4.79 Å². The van der Waals surface area contributed by atoms with Gasteiger partial charge in [0.1, 0.15) is 0 Å². The fourth-order valence-corrected chi connectivity index (χ4v) is 4.34. The number of carbonyl (C=O) groups is 1. The van der Waals surface area contributed by atoms with Gasteiger partial charge < -0.3 is 16.0 Å². The molecular formula is C17H34Cl2N4O. The Morgan fingerprint density at radius 1 is 0.917 bits per heavy atom. The zero-order valence-corrected chi connectivity index (χ0v) is 16.3. The van der Waals surface area contributed by atoms with Crippen molar-refractivity contribution in [2.75, 3.05) is 39.3 Å². The van der Waals surface area contributed by atoms with Gasteiger partial charge in [0.25, 0.3) is 0 Å². The molecule has 0 spiro atoms. The molecule has 0 aromatic carbocycles. The number of halogens is 2. The van der Waals surface area contributed by atoms with Gasteiger partial charge in [0.05, 0.1) is 5.92 Å². The minimum atomic E-state index is 0. The normalized spacial score (nSPS) is 32.2. The number of piperazine rings is 1. The Balaban J connectivity index is 0.00000144. The second-order valence-corrected chi connectivity index (χ2v) is 7.27. The number of nitrogens with two attached hydrogens (primary N) is 1. The Kier molecular flexibility index (Phi) is 9.90. The first-order valence-electron chi connectivity index (χ1n) is 9.25. The van der Waals surface area contributed by atoms with Gasteiger partial charge >= 0.3 is 0 Å². The van der Waals surface area contributed by atoms with Crippen molar-refractivity contribution in [1.29, 1.82) is 0 Å². The molecule has 1 saturated carbocycles. The van der Waals surface area contributed by atoms with E-state index in [0.29, 0.717) is 11.9 Å². The van der Waals surface area contributed by atoms with Gasteiger partial charge in [-0.15, -0.1) is 24.8 Å². The lowest BCUT2D eigenvalue weighted by atomic mass is 9.86. The van der Waals surface area contributed by atoms with Crippen LogP contribution in [0.3, 0.4) is 0 Å². The maximum Gasteiger partial charge on any atom is 0.227 e. The molecular weight excluding hydrogens is 347 g/mol. The lowest BCUT2D eigenvalue weighted by Crippen LogP contribution is -2.50. The lowest BCUT2D eigenvalue weighted by molar-refractivity contribution is -0.135. The van der Waals surface area contributed by atoms with Crippen LogP contribution >= 0.6 is 24.8 Å². The van der Waals surface area contributed by atoms with Crippen molar-refractivity contribution in [3.8, 4) is 0 Å². The Bertz CT molecular complexity index is 380. The molecule has 7 heteroatoms. The standard InChI is InChI=1S/C17H32N4O.2ClH/c18-16-6-4-2-1-3-5-15(16)17(22)21-10-7-14(13-21)20-11-8-19-9-12-20;;/h14-16,19H,1-13,18H2;2*1H. The summed E-state index contributed by atoms with van der Waals surface area (Å²) < 4.78 is 0. The minimum Gasteiger partial charge on any atom is -0.341 e. The van der Waals surface area contributed by atoms with Crippen molar-refractivity contribution in [2.45, 2.75) is 57.0 Å². The molecule has 142 valence electrons. The lowest BCUT2D eigenvalue weighted by Gasteiger charge is -2.33. The number of hydrogen-bond acceptors (Lipinski definition) is 4. The van der Waals surface area contributed by atoms with Gasteiger partial charge in [-0.3, -0.25) is 9.69 Å². The van der Waals surface area contributed by atoms with E-state index in [1.807, 2.05) is 0 Å². The summed E-state index contributed by atoms with van der Waals surface area (Å²) in [6.45, 7) is 6.25. The highest BCUT2D eigenvalue weighted by Gasteiger charge is 2.35. The first-order valence-corrected chi connectivity index (χ1v) is 9.25. The third-order valence-corrected chi connectivity index (χ3v) is 5.78. The van der Waals surface area contributed by atoms with Crippen molar-refractivity contribution in [1.82, 2.24) is 15.1 Å². The van der Waals surface area contributed by atoms with E-state index >= 15 is 0 Å². The molecule has 3 atom stereocenters. The van der Waals surface area contributed by atoms with Gasteiger partial charge in [0.2, 0.25) is 5.91 Å². The van der Waals surface area contributed by atoms with Crippen LogP contribution in [0.4, 0.5) is 0 Å². The average Bonchev–Trinajstić information content (AvgIpc) is 3.02. The van der Waals surface area contributed by atoms with E-state index in [0.717, 1.165) is 58.5 Å². The predicted octanol–water partition coefficient (Wildman–Crippen LogP) is 1.63. The summed E-state index contributed by atoms with van der Waals surface area (Å²) in [5.41, 5.74) is 6.33. The molecule has 24 heavy (non-hydrogen) atoms. The maximum absolute atomic E-state index is 12.9. The van der Waals surface area contributed by atoms with Crippen molar-refractivity contribution >= 4 is 30.7 Å². The summed E-state index contributed by atoms with van der Waals surface area (Å²) in [6, 6.07) is 0.641. The van der Waals surface area contributed by atoms with E-state index in [9.17, 15) is 4.79 Å². The molecule has 3 aliphatic rings. The summed E-state index contributed by atoms with van der Waals surface area (Å²) in [5.74, 6) is 0.411. The molecule has 0 radical (unpaired) electrons. The Hall–Kier alpha value is -0.0700. The van der Waals surface area contributed by atoms with E-state index in [1.165, 1.54) is 25.7 Å². The number of nitrogens with zero attached hydrogens (tertiary/aromatic N) is 2. The topological polar surface area (TPSA) is 61.6 Å². The van der Waals surface area contributed by atoms with Gasteiger partial charge in [-0.25, -0.2) is 0 Å². The average molecular weight is 381 g/mol. The van der Waals surface area contributed by atoms with E-state index in [2.05, 4.69) is 15.1 Å². The Morgan fingerprint density at radius 3 is 2.29 bits per heavy atom. The smallest absolute Gasteiger partial charge is 0.227 e. The quantitative estimate of drug-likeness (QED) is 0.764. The third kappa shape index (κ3) is 5.46. The number of amides is 1.